The van der Waals surface area contributed by atoms with Gasteiger partial charge in [0.15, 0.2) is 0 Å². The summed E-state index contributed by atoms with van der Waals surface area (Å²) in [5, 5.41) is 53.3. The Balaban J connectivity index is -0.000000476. The second kappa shape index (κ2) is 42.9. The summed E-state index contributed by atoms with van der Waals surface area (Å²) in [4.78, 5) is 110. The molecule has 498 valence electrons. The SMILES string of the molecule is CCC(C)(CC(C)(C)C(=O)O)C(=O)OC.CCC(C)(CC(C)C(=O)O)C(=O)OC.CCC(CC(C)(C)C(=O)O)C(=O)OC.CCC(CC(C)(C)C(=O)O)c1ccccc1.CCC(CC(C)C(=O)O)C(=O)OC.CCC(CC(C)C(=O)O)c1ccccc1. The monoisotopic (exact) mass is 1230 g/mol. The maximum Gasteiger partial charge on any atom is 0.311 e. The van der Waals surface area contributed by atoms with Gasteiger partial charge in [-0.3, -0.25) is 47.9 Å². The number of rotatable bonds is 30. The molecule has 0 aromatic heterocycles. The van der Waals surface area contributed by atoms with Crippen molar-refractivity contribution in [2.45, 2.75) is 207 Å². The Labute approximate surface area is 518 Å². The number of aliphatic carboxylic acids is 6. The van der Waals surface area contributed by atoms with Crippen LogP contribution in [0, 0.1) is 56.7 Å². The lowest BCUT2D eigenvalue weighted by Gasteiger charge is -2.31. The average Bonchev–Trinajstić information content (AvgIpc) is 3.57. The zero-order valence-electron chi connectivity index (χ0n) is 56.2. The summed E-state index contributed by atoms with van der Waals surface area (Å²) in [6.07, 6.45) is 6.97. The van der Waals surface area contributed by atoms with Crippen LogP contribution >= 0.6 is 0 Å². The molecule has 0 aliphatic heterocycles. The zero-order valence-corrected chi connectivity index (χ0v) is 56.2. The fourth-order valence-corrected chi connectivity index (χ4v) is 9.13. The molecule has 0 radical (unpaired) electrons. The first kappa shape index (κ1) is 86.6. The van der Waals surface area contributed by atoms with Gasteiger partial charge in [-0.1, -0.05) is 123 Å². The van der Waals surface area contributed by atoms with E-state index in [4.69, 9.17) is 35.4 Å². The minimum absolute atomic E-state index is 0.268. The highest BCUT2D eigenvalue weighted by molar-refractivity contribution is 5.80. The van der Waals surface area contributed by atoms with Crippen molar-refractivity contribution in [1.29, 1.82) is 0 Å². The largest absolute Gasteiger partial charge is 0.481 e. The predicted octanol–water partition coefficient (Wildman–Crippen LogP) is 13.7. The topological polar surface area (TPSA) is 329 Å². The van der Waals surface area contributed by atoms with Crippen LogP contribution in [0.25, 0.3) is 0 Å². The van der Waals surface area contributed by atoms with Crippen LogP contribution in [0.2, 0.25) is 0 Å². The Morgan fingerprint density at radius 2 is 0.724 bits per heavy atom. The van der Waals surface area contributed by atoms with Crippen molar-refractivity contribution in [2.75, 3.05) is 28.4 Å². The third kappa shape index (κ3) is 33.7. The number of carboxylic acid groups (broad SMARTS) is 6. The van der Waals surface area contributed by atoms with Gasteiger partial charge >= 0.3 is 59.7 Å². The van der Waals surface area contributed by atoms with E-state index >= 15 is 0 Å². The van der Waals surface area contributed by atoms with E-state index < -0.39 is 74.7 Å². The van der Waals surface area contributed by atoms with Crippen molar-refractivity contribution < 1.29 is 97.5 Å². The van der Waals surface area contributed by atoms with Gasteiger partial charge in [-0.2, -0.15) is 0 Å². The second-order valence-corrected chi connectivity index (χ2v) is 24.6. The van der Waals surface area contributed by atoms with Crippen molar-refractivity contribution in [3.63, 3.8) is 0 Å². The smallest absolute Gasteiger partial charge is 0.311 e. The summed E-state index contributed by atoms with van der Waals surface area (Å²) in [5.74, 6) is -7.54. The molecule has 6 N–H and O–H groups in total. The van der Waals surface area contributed by atoms with E-state index in [2.05, 4.69) is 52.3 Å². The van der Waals surface area contributed by atoms with Crippen LogP contribution in [0.15, 0.2) is 60.7 Å². The van der Waals surface area contributed by atoms with E-state index in [1.807, 2.05) is 64.1 Å². The van der Waals surface area contributed by atoms with E-state index in [9.17, 15) is 47.9 Å². The maximum atomic E-state index is 11.5. The molecule has 9 unspecified atom stereocenters. The van der Waals surface area contributed by atoms with Crippen molar-refractivity contribution in [1.82, 2.24) is 0 Å². The molecule has 87 heavy (non-hydrogen) atoms. The van der Waals surface area contributed by atoms with Gasteiger partial charge in [-0.05, 0) is 155 Å². The van der Waals surface area contributed by atoms with Gasteiger partial charge in [0.1, 0.15) is 0 Å². The highest BCUT2D eigenvalue weighted by atomic mass is 16.5. The Morgan fingerprint density at radius 3 is 1.03 bits per heavy atom. The lowest BCUT2D eigenvalue weighted by Crippen LogP contribution is -2.37. The van der Waals surface area contributed by atoms with Crippen LogP contribution in [-0.2, 0) is 66.9 Å². The summed E-state index contributed by atoms with van der Waals surface area (Å²) in [6, 6.07) is 20.3. The van der Waals surface area contributed by atoms with Crippen LogP contribution < -0.4 is 0 Å². The van der Waals surface area contributed by atoms with E-state index in [-0.39, 0.29) is 48.1 Å². The molecule has 0 aliphatic carbocycles. The first-order chi connectivity index (χ1) is 40.0. The summed E-state index contributed by atoms with van der Waals surface area (Å²) in [5.41, 5.74) is -1.39. The lowest BCUT2D eigenvalue weighted by atomic mass is 9.72. The molecule has 0 fully saturated rings. The normalized spacial score (nSPS) is 14.7. The Morgan fingerprint density at radius 1 is 0.391 bits per heavy atom. The maximum absolute atomic E-state index is 11.5. The predicted molar refractivity (Wildman–Crippen MR) is 334 cm³/mol. The number of ether oxygens (including phenoxy) is 4. The number of benzene rings is 2. The molecular weight excluding hydrogens is 1120 g/mol. The minimum Gasteiger partial charge on any atom is -0.481 e. The Hall–Kier alpha value is -6.86. The van der Waals surface area contributed by atoms with E-state index in [0.29, 0.717) is 63.2 Å². The zero-order chi connectivity index (χ0) is 68.9. The van der Waals surface area contributed by atoms with Gasteiger partial charge in [-0.25, -0.2) is 0 Å². The fraction of sp³-hybridized carbons (Fsp3) is 0.672. The Kier molecular flexibility index (Phi) is 42.7. The summed E-state index contributed by atoms with van der Waals surface area (Å²) < 4.78 is 18.5. The molecule has 20 nitrogen and oxygen atoms in total. The first-order valence-electron chi connectivity index (χ1n) is 29.9. The molecular formula is C67H110O20. The third-order valence-electron chi connectivity index (χ3n) is 15.9. The number of carbonyl (C=O) groups is 10. The molecule has 0 heterocycles. The summed E-state index contributed by atoms with van der Waals surface area (Å²) in [7, 11) is 5.28. The van der Waals surface area contributed by atoms with Crippen molar-refractivity contribution in [3.05, 3.63) is 71.8 Å². The van der Waals surface area contributed by atoms with Crippen LogP contribution in [-0.4, -0.2) is 119 Å². The minimum atomic E-state index is -0.918. The van der Waals surface area contributed by atoms with Gasteiger partial charge < -0.3 is 49.6 Å². The van der Waals surface area contributed by atoms with Crippen LogP contribution in [0.5, 0.6) is 0 Å². The molecule has 2 rings (SSSR count). The molecule has 9 atom stereocenters. The van der Waals surface area contributed by atoms with Gasteiger partial charge in [0.25, 0.3) is 0 Å². The average molecular weight is 1240 g/mol. The molecule has 2 aromatic carbocycles. The standard InChI is InChI=1S/C14H20O2.C13H18O2.C11H20O4.2C10H18O4.C9H16O4/c1-4-11(10-14(2,3)13(15)16)12-8-6-5-7-9-12;1-3-11(9-10(2)13(14)15)12-7-5-4-6-8-12;1-6-11(4,9(14)15-5)7-10(2,3)8(12)13;1-5-7(8(11)14-4)6-10(2,3)9(12)13;1-5-10(3,9(13)14-4)6-7(2)8(11)12;1-4-7(9(12)13-3)5-6(2)8(10)11/h5-9,11H,4,10H2,1-3H3,(H,15,16);4-8,10-11H,3,9H2,1-2H3,(H,14,15);6-7H2,1-5H3,(H,12,13);7H,5-6H2,1-4H3,(H,12,13);7H,5-6H2,1-4H3,(H,11,12);6-7H,4-5H2,1-3H3,(H,10,11). The highest BCUT2D eigenvalue weighted by Gasteiger charge is 2.42. The third-order valence-corrected chi connectivity index (χ3v) is 15.9. The second-order valence-electron chi connectivity index (χ2n) is 24.6. The first-order valence-corrected chi connectivity index (χ1v) is 29.9. The van der Waals surface area contributed by atoms with E-state index in [0.717, 1.165) is 19.3 Å². The van der Waals surface area contributed by atoms with Crippen LogP contribution in [0.4, 0.5) is 0 Å². The molecule has 0 saturated carbocycles. The summed E-state index contributed by atoms with van der Waals surface area (Å²) in [6.45, 7) is 30.1. The van der Waals surface area contributed by atoms with Gasteiger partial charge in [0.2, 0.25) is 0 Å². The van der Waals surface area contributed by atoms with Gasteiger partial charge in [0.05, 0.1) is 85.1 Å². The fourth-order valence-electron chi connectivity index (χ4n) is 9.13. The molecule has 0 amide bonds. The van der Waals surface area contributed by atoms with Crippen LogP contribution in [0.1, 0.15) is 218 Å². The van der Waals surface area contributed by atoms with E-state index in [1.54, 1.807) is 76.2 Å². The summed E-state index contributed by atoms with van der Waals surface area (Å²) >= 11 is 0. The number of methoxy groups -OCH3 is 4. The quantitative estimate of drug-likeness (QED) is 0.0313. The Bertz CT molecular complexity index is 2380. The number of carbonyl (C=O) groups excluding carboxylic acids is 4. The van der Waals surface area contributed by atoms with Gasteiger partial charge in [-0.15, -0.1) is 0 Å². The van der Waals surface area contributed by atoms with E-state index in [1.165, 1.54) is 39.6 Å². The molecule has 0 aliphatic rings. The lowest BCUT2D eigenvalue weighted by molar-refractivity contribution is -0.159. The van der Waals surface area contributed by atoms with Crippen molar-refractivity contribution in [2.24, 2.45) is 56.7 Å². The number of hydrogen-bond donors (Lipinski definition) is 6. The molecule has 2 aromatic rings. The number of hydrogen-bond acceptors (Lipinski definition) is 14. The highest BCUT2D eigenvalue weighted by Crippen LogP contribution is 2.38. The van der Waals surface area contributed by atoms with Crippen molar-refractivity contribution >= 4 is 59.7 Å². The van der Waals surface area contributed by atoms with Crippen molar-refractivity contribution in [3.8, 4) is 0 Å². The van der Waals surface area contributed by atoms with Crippen LogP contribution in [0.3, 0.4) is 0 Å². The van der Waals surface area contributed by atoms with Gasteiger partial charge in [0, 0.05) is 0 Å². The number of esters is 4. The molecule has 0 spiro atoms. The number of carboxylic acids is 6. The molecule has 0 saturated heterocycles. The molecule has 0 bridgehead atoms. The molecule has 20 heteroatoms.